The average Bonchev–Trinajstić information content (AvgIpc) is 2.85. The van der Waals surface area contributed by atoms with Gasteiger partial charge in [0.15, 0.2) is 11.5 Å². The molecule has 7 nitrogen and oxygen atoms in total. The molecule has 8 heteroatoms. The van der Waals surface area contributed by atoms with Gasteiger partial charge < -0.3 is 14.2 Å². The van der Waals surface area contributed by atoms with Crippen molar-refractivity contribution in [2.24, 2.45) is 5.10 Å². The monoisotopic (exact) mass is 524 g/mol. The SMILES string of the molecule is CCCOc1ccc(C(=O)Oc2ccc(/C=N\NC(=O)c3ccc(Br)cc3)cc2OCC)cc1. The predicted octanol–water partition coefficient (Wildman–Crippen LogP) is 5.62. The first-order valence-electron chi connectivity index (χ1n) is 10.8. The molecule has 0 bridgehead atoms. The van der Waals surface area contributed by atoms with Crippen molar-refractivity contribution in [2.45, 2.75) is 20.3 Å². The van der Waals surface area contributed by atoms with Gasteiger partial charge in [0, 0.05) is 10.0 Å². The number of ether oxygens (including phenoxy) is 3. The highest BCUT2D eigenvalue weighted by Gasteiger charge is 2.13. The largest absolute Gasteiger partial charge is 0.494 e. The minimum Gasteiger partial charge on any atom is -0.494 e. The Kier molecular flexibility index (Phi) is 9.22. The van der Waals surface area contributed by atoms with Crippen LogP contribution in [-0.4, -0.2) is 31.3 Å². The number of nitrogens with zero attached hydrogens (tertiary/aromatic N) is 1. The van der Waals surface area contributed by atoms with Crippen molar-refractivity contribution < 1.29 is 23.8 Å². The molecule has 3 aromatic rings. The van der Waals surface area contributed by atoms with Crippen LogP contribution in [0.2, 0.25) is 0 Å². The van der Waals surface area contributed by atoms with Crippen LogP contribution in [0.5, 0.6) is 17.2 Å². The molecule has 0 heterocycles. The van der Waals surface area contributed by atoms with E-state index in [2.05, 4.69) is 26.5 Å². The second-order valence-electron chi connectivity index (χ2n) is 7.11. The van der Waals surface area contributed by atoms with E-state index in [1.165, 1.54) is 6.21 Å². The summed E-state index contributed by atoms with van der Waals surface area (Å²) in [5.41, 5.74) is 4.03. The first-order valence-corrected chi connectivity index (χ1v) is 11.6. The summed E-state index contributed by atoms with van der Waals surface area (Å²) in [6.45, 7) is 4.86. The number of hydrazone groups is 1. The second kappa shape index (κ2) is 12.6. The zero-order chi connectivity index (χ0) is 24.3. The molecule has 0 unspecified atom stereocenters. The summed E-state index contributed by atoms with van der Waals surface area (Å²) in [4.78, 5) is 24.8. The van der Waals surface area contributed by atoms with Gasteiger partial charge in [-0.2, -0.15) is 5.10 Å². The fraction of sp³-hybridized carbons (Fsp3) is 0.192. The van der Waals surface area contributed by atoms with Crippen molar-refractivity contribution in [3.63, 3.8) is 0 Å². The Labute approximate surface area is 206 Å². The van der Waals surface area contributed by atoms with Crippen molar-refractivity contribution in [2.75, 3.05) is 13.2 Å². The van der Waals surface area contributed by atoms with E-state index in [4.69, 9.17) is 14.2 Å². The summed E-state index contributed by atoms with van der Waals surface area (Å²) >= 11 is 3.33. The second-order valence-corrected chi connectivity index (χ2v) is 8.02. The molecular formula is C26H25BrN2O5. The number of hydrogen-bond donors (Lipinski definition) is 1. The lowest BCUT2D eigenvalue weighted by Gasteiger charge is -2.12. The van der Waals surface area contributed by atoms with E-state index in [0.29, 0.717) is 41.4 Å². The summed E-state index contributed by atoms with van der Waals surface area (Å²) in [5, 5.41) is 4.00. The third-order valence-electron chi connectivity index (χ3n) is 4.52. The van der Waals surface area contributed by atoms with Crippen molar-refractivity contribution in [3.05, 3.63) is 87.9 Å². The van der Waals surface area contributed by atoms with Gasteiger partial charge in [0.25, 0.3) is 5.91 Å². The van der Waals surface area contributed by atoms with E-state index in [0.717, 1.165) is 10.9 Å². The smallest absolute Gasteiger partial charge is 0.343 e. The molecule has 0 aliphatic rings. The van der Waals surface area contributed by atoms with Crippen LogP contribution in [0, 0.1) is 0 Å². The van der Waals surface area contributed by atoms with Crippen molar-refractivity contribution in [3.8, 4) is 17.2 Å². The lowest BCUT2D eigenvalue weighted by molar-refractivity contribution is 0.0728. The topological polar surface area (TPSA) is 86.2 Å². The predicted molar refractivity (Wildman–Crippen MR) is 134 cm³/mol. The van der Waals surface area contributed by atoms with E-state index < -0.39 is 5.97 Å². The molecule has 1 N–H and O–H groups in total. The van der Waals surface area contributed by atoms with Gasteiger partial charge in [0.05, 0.1) is 25.0 Å². The van der Waals surface area contributed by atoms with Gasteiger partial charge >= 0.3 is 5.97 Å². The Morgan fingerprint density at radius 1 is 0.912 bits per heavy atom. The maximum Gasteiger partial charge on any atom is 0.343 e. The minimum atomic E-state index is -0.508. The number of benzene rings is 3. The number of amides is 1. The zero-order valence-electron chi connectivity index (χ0n) is 18.9. The standard InChI is InChI=1S/C26H25BrN2O5/c1-3-15-33-22-12-8-20(9-13-22)26(31)34-23-14-5-18(16-24(23)32-4-2)17-28-29-25(30)19-6-10-21(27)11-7-19/h5-14,16-17H,3-4,15H2,1-2H3,(H,29,30)/b28-17-. The number of nitrogens with one attached hydrogen (secondary N) is 1. The highest BCUT2D eigenvalue weighted by Crippen LogP contribution is 2.29. The van der Waals surface area contributed by atoms with Crippen LogP contribution in [0.4, 0.5) is 0 Å². The van der Waals surface area contributed by atoms with Gasteiger partial charge in [-0.3, -0.25) is 4.79 Å². The molecule has 0 saturated heterocycles. The third-order valence-corrected chi connectivity index (χ3v) is 5.05. The van der Waals surface area contributed by atoms with Gasteiger partial charge in [-0.15, -0.1) is 0 Å². The van der Waals surface area contributed by atoms with E-state index in [-0.39, 0.29) is 11.7 Å². The first kappa shape index (κ1) is 25.0. The zero-order valence-corrected chi connectivity index (χ0v) is 20.5. The lowest BCUT2D eigenvalue weighted by Crippen LogP contribution is -2.17. The van der Waals surface area contributed by atoms with Crippen LogP contribution in [0.15, 0.2) is 76.3 Å². The fourth-order valence-electron chi connectivity index (χ4n) is 2.85. The summed E-state index contributed by atoms with van der Waals surface area (Å²) in [6, 6.07) is 18.7. The summed E-state index contributed by atoms with van der Waals surface area (Å²) in [6.07, 6.45) is 2.39. The van der Waals surface area contributed by atoms with Gasteiger partial charge in [-0.1, -0.05) is 22.9 Å². The van der Waals surface area contributed by atoms with E-state index >= 15 is 0 Å². The maximum absolute atomic E-state index is 12.6. The van der Waals surface area contributed by atoms with Crippen molar-refractivity contribution >= 4 is 34.0 Å². The molecule has 0 spiro atoms. The van der Waals surface area contributed by atoms with Crippen LogP contribution in [0.3, 0.4) is 0 Å². The molecule has 0 radical (unpaired) electrons. The number of carbonyl (C=O) groups is 2. The van der Waals surface area contributed by atoms with Crippen LogP contribution in [0.25, 0.3) is 0 Å². The number of rotatable bonds is 10. The highest BCUT2D eigenvalue weighted by atomic mass is 79.9. The molecule has 0 aliphatic heterocycles. The van der Waals surface area contributed by atoms with Crippen LogP contribution < -0.4 is 19.6 Å². The van der Waals surface area contributed by atoms with Gasteiger partial charge in [-0.25, -0.2) is 10.2 Å². The Morgan fingerprint density at radius 3 is 2.29 bits per heavy atom. The van der Waals surface area contributed by atoms with Gasteiger partial charge in [0.1, 0.15) is 5.75 Å². The molecule has 0 fully saturated rings. The molecule has 3 rings (SSSR count). The number of carbonyl (C=O) groups excluding carboxylic acids is 2. The maximum atomic E-state index is 12.6. The quantitative estimate of drug-likeness (QED) is 0.161. The molecule has 0 atom stereocenters. The molecule has 34 heavy (non-hydrogen) atoms. The normalized spacial score (nSPS) is 10.7. The molecule has 176 valence electrons. The van der Waals surface area contributed by atoms with Gasteiger partial charge in [-0.05, 0) is 85.6 Å². The molecular weight excluding hydrogens is 500 g/mol. The first-order chi connectivity index (χ1) is 16.5. The molecule has 1 amide bonds. The van der Waals surface area contributed by atoms with Crippen molar-refractivity contribution in [1.82, 2.24) is 5.43 Å². The Morgan fingerprint density at radius 2 is 1.62 bits per heavy atom. The molecule has 0 saturated carbocycles. The van der Waals surface area contributed by atoms with E-state index in [1.54, 1.807) is 66.7 Å². The third kappa shape index (κ3) is 7.18. The summed E-state index contributed by atoms with van der Waals surface area (Å²) in [7, 11) is 0. The molecule has 0 aromatic heterocycles. The Balaban J connectivity index is 1.66. The summed E-state index contributed by atoms with van der Waals surface area (Å²) < 4.78 is 17.6. The van der Waals surface area contributed by atoms with Crippen LogP contribution in [-0.2, 0) is 0 Å². The van der Waals surface area contributed by atoms with Gasteiger partial charge in [0.2, 0.25) is 0 Å². The Bertz CT molecular complexity index is 1140. The minimum absolute atomic E-state index is 0.286. The average molecular weight is 525 g/mol. The number of esters is 1. The lowest BCUT2D eigenvalue weighted by atomic mass is 10.2. The van der Waals surface area contributed by atoms with Crippen LogP contribution >= 0.6 is 15.9 Å². The van der Waals surface area contributed by atoms with Crippen LogP contribution in [0.1, 0.15) is 46.5 Å². The number of hydrogen-bond acceptors (Lipinski definition) is 6. The fourth-order valence-corrected chi connectivity index (χ4v) is 3.12. The Hall–Kier alpha value is -3.65. The van der Waals surface area contributed by atoms with E-state index in [9.17, 15) is 9.59 Å². The highest BCUT2D eigenvalue weighted by molar-refractivity contribution is 9.10. The number of halogens is 1. The molecule has 3 aromatic carbocycles. The molecule has 0 aliphatic carbocycles. The van der Waals surface area contributed by atoms with Crippen molar-refractivity contribution in [1.29, 1.82) is 0 Å². The van der Waals surface area contributed by atoms with E-state index in [1.807, 2.05) is 13.8 Å². The summed E-state index contributed by atoms with van der Waals surface area (Å²) in [5.74, 6) is 0.539.